The van der Waals surface area contributed by atoms with Gasteiger partial charge < -0.3 is 0 Å². The molecule has 4 nitrogen and oxygen atoms in total. The summed E-state index contributed by atoms with van der Waals surface area (Å²) >= 11 is 0. The maximum Gasteiger partial charge on any atom is 0.183 e. The molecule has 0 radical (unpaired) electrons. The van der Waals surface area contributed by atoms with E-state index < -0.39 is 0 Å². The lowest BCUT2D eigenvalue weighted by Crippen LogP contribution is -2.00. The Balaban J connectivity index is 2.81. The Bertz CT molecular complexity index is 455. The fourth-order valence-corrected chi connectivity index (χ4v) is 1.22. The van der Waals surface area contributed by atoms with Crippen molar-refractivity contribution in [2.24, 2.45) is 0 Å². The minimum absolute atomic E-state index is 0.00121. The number of hydrogen-bond donors (Lipinski definition) is 1. The van der Waals surface area contributed by atoms with Gasteiger partial charge in [0.2, 0.25) is 0 Å². The highest BCUT2D eigenvalue weighted by molar-refractivity contribution is 5.36. The summed E-state index contributed by atoms with van der Waals surface area (Å²) in [6.07, 6.45) is 2.59. The van der Waals surface area contributed by atoms with E-state index in [0.29, 0.717) is 0 Å². The van der Waals surface area contributed by atoms with Crippen LogP contribution in [-0.4, -0.2) is 14.6 Å². The third-order valence-electron chi connectivity index (χ3n) is 1.82. The van der Waals surface area contributed by atoms with Gasteiger partial charge in [-0.05, 0) is 0 Å². The van der Waals surface area contributed by atoms with Crippen LogP contribution in [0.3, 0.4) is 0 Å². The molecule has 0 saturated carbocycles. The summed E-state index contributed by atoms with van der Waals surface area (Å²) in [5.74, 6) is 0.935. The van der Waals surface area contributed by atoms with Crippen LogP contribution in [0, 0.1) is 0 Å². The standard InChI is InChI=1S/C8H9N3O/c1-2-7-9-10-8-5-6(12)3-4-11(7)8/h3-5,10H,2H2,1H3. The third kappa shape index (κ3) is 0.922. The van der Waals surface area contributed by atoms with Gasteiger partial charge in [-0.1, -0.05) is 6.92 Å². The van der Waals surface area contributed by atoms with Crippen molar-refractivity contribution in [3.8, 4) is 0 Å². The van der Waals surface area contributed by atoms with Crippen molar-refractivity contribution in [3.05, 3.63) is 34.4 Å². The second kappa shape index (κ2) is 2.48. The Kier molecular flexibility index (Phi) is 1.46. The van der Waals surface area contributed by atoms with E-state index in [9.17, 15) is 4.79 Å². The molecule has 12 heavy (non-hydrogen) atoms. The number of fused-ring (bicyclic) bond motifs is 1. The zero-order valence-corrected chi connectivity index (χ0v) is 6.74. The van der Waals surface area contributed by atoms with Crippen LogP contribution in [0.4, 0.5) is 0 Å². The predicted octanol–water partition coefficient (Wildman–Crippen LogP) is 0.585. The Labute approximate surface area is 68.8 Å². The summed E-state index contributed by atoms with van der Waals surface area (Å²) in [5, 5.41) is 6.85. The summed E-state index contributed by atoms with van der Waals surface area (Å²) in [6.45, 7) is 2.02. The zero-order valence-electron chi connectivity index (χ0n) is 6.74. The SMILES string of the molecule is CCc1n[nH]c2cc(=O)ccn12. The number of pyridine rings is 1. The Hall–Kier alpha value is -1.58. The second-order valence-corrected chi connectivity index (χ2v) is 2.61. The molecule has 1 N–H and O–H groups in total. The van der Waals surface area contributed by atoms with Crippen molar-refractivity contribution in [2.45, 2.75) is 13.3 Å². The largest absolute Gasteiger partial charge is 0.290 e. The minimum atomic E-state index is 0.00121. The van der Waals surface area contributed by atoms with Crippen LogP contribution < -0.4 is 5.43 Å². The Morgan fingerprint density at radius 2 is 2.50 bits per heavy atom. The van der Waals surface area contributed by atoms with Gasteiger partial charge in [0.25, 0.3) is 0 Å². The third-order valence-corrected chi connectivity index (χ3v) is 1.82. The first-order chi connectivity index (χ1) is 5.81. The van der Waals surface area contributed by atoms with Crippen LogP contribution in [-0.2, 0) is 6.42 Å². The van der Waals surface area contributed by atoms with E-state index in [1.165, 1.54) is 12.1 Å². The van der Waals surface area contributed by atoms with Gasteiger partial charge in [0.15, 0.2) is 5.43 Å². The van der Waals surface area contributed by atoms with Gasteiger partial charge in [0.1, 0.15) is 11.5 Å². The van der Waals surface area contributed by atoms with Gasteiger partial charge in [0.05, 0.1) is 0 Å². The van der Waals surface area contributed by atoms with Gasteiger partial charge >= 0.3 is 0 Å². The lowest BCUT2D eigenvalue weighted by atomic mass is 10.4. The van der Waals surface area contributed by atoms with Crippen molar-refractivity contribution in [3.63, 3.8) is 0 Å². The number of aromatic nitrogens is 3. The van der Waals surface area contributed by atoms with Crippen molar-refractivity contribution < 1.29 is 0 Å². The molecule has 2 rings (SSSR count). The van der Waals surface area contributed by atoms with E-state index in [-0.39, 0.29) is 5.43 Å². The topological polar surface area (TPSA) is 50.2 Å². The lowest BCUT2D eigenvalue weighted by molar-refractivity contribution is 0.909. The summed E-state index contributed by atoms with van der Waals surface area (Å²) in [6, 6.07) is 3.06. The molecule has 0 aliphatic carbocycles. The average molecular weight is 163 g/mol. The van der Waals surface area contributed by atoms with Crippen LogP contribution in [0.1, 0.15) is 12.7 Å². The van der Waals surface area contributed by atoms with Crippen LogP contribution in [0.15, 0.2) is 23.1 Å². The molecule has 2 heterocycles. The molecule has 0 fully saturated rings. The summed E-state index contributed by atoms with van der Waals surface area (Å²) in [7, 11) is 0. The molecule has 4 heteroatoms. The normalized spacial score (nSPS) is 10.8. The number of hydrogen-bond acceptors (Lipinski definition) is 2. The molecule has 0 atom stereocenters. The van der Waals surface area contributed by atoms with Crippen LogP contribution in [0.2, 0.25) is 0 Å². The molecule has 0 saturated heterocycles. The number of rotatable bonds is 1. The molecule has 0 bridgehead atoms. The number of aromatic amines is 1. The Morgan fingerprint density at radius 3 is 3.25 bits per heavy atom. The first kappa shape index (κ1) is 7.09. The van der Waals surface area contributed by atoms with E-state index in [1.807, 2.05) is 11.3 Å². The molecule has 62 valence electrons. The van der Waals surface area contributed by atoms with Gasteiger partial charge in [0, 0.05) is 24.8 Å². The molecule has 0 spiro atoms. The van der Waals surface area contributed by atoms with E-state index in [0.717, 1.165) is 17.9 Å². The van der Waals surface area contributed by atoms with Crippen LogP contribution >= 0.6 is 0 Å². The van der Waals surface area contributed by atoms with E-state index in [2.05, 4.69) is 10.2 Å². The molecular formula is C8H9N3O. The number of nitrogens with one attached hydrogen (secondary N) is 1. The first-order valence-corrected chi connectivity index (χ1v) is 3.87. The second-order valence-electron chi connectivity index (χ2n) is 2.61. The van der Waals surface area contributed by atoms with E-state index in [4.69, 9.17) is 0 Å². The van der Waals surface area contributed by atoms with E-state index >= 15 is 0 Å². The number of nitrogens with zero attached hydrogens (tertiary/aromatic N) is 2. The highest BCUT2D eigenvalue weighted by Gasteiger charge is 1.99. The number of H-pyrrole nitrogens is 1. The number of aryl methyl sites for hydroxylation is 1. The molecule has 2 aromatic rings. The average Bonchev–Trinajstić information content (AvgIpc) is 2.46. The fourth-order valence-electron chi connectivity index (χ4n) is 1.22. The fraction of sp³-hybridized carbons (Fsp3) is 0.250. The monoisotopic (exact) mass is 163 g/mol. The smallest absolute Gasteiger partial charge is 0.183 e. The molecular weight excluding hydrogens is 154 g/mol. The van der Waals surface area contributed by atoms with Gasteiger partial charge in [-0.15, -0.1) is 0 Å². The van der Waals surface area contributed by atoms with E-state index in [1.54, 1.807) is 6.20 Å². The Morgan fingerprint density at radius 1 is 1.67 bits per heavy atom. The van der Waals surface area contributed by atoms with Crippen LogP contribution in [0.25, 0.3) is 5.65 Å². The van der Waals surface area contributed by atoms with Gasteiger partial charge in [-0.2, -0.15) is 5.10 Å². The predicted molar refractivity (Wildman–Crippen MR) is 45.2 cm³/mol. The van der Waals surface area contributed by atoms with Crippen molar-refractivity contribution in [1.82, 2.24) is 14.6 Å². The maximum absolute atomic E-state index is 10.9. The van der Waals surface area contributed by atoms with Gasteiger partial charge in [-0.3, -0.25) is 14.3 Å². The molecule has 0 unspecified atom stereocenters. The molecule has 2 aromatic heterocycles. The van der Waals surface area contributed by atoms with Crippen LogP contribution in [0.5, 0.6) is 0 Å². The lowest BCUT2D eigenvalue weighted by Gasteiger charge is -1.92. The molecule has 0 aliphatic rings. The molecule has 0 aromatic carbocycles. The molecule has 0 aliphatic heterocycles. The molecule has 0 amide bonds. The minimum Gasteiger partial charge on any atom is -0.290 e. The van der Waals surface area contributed by atoms with Gasteiger partial charge in [-0.25, -0.2) is 0 Å². The highest BCUT2D eigenvalue weighted by Crippen LogP contribution is 1.99. The quantitative estimate of drug-likeness (QED) is 0.668. The maximum atomic E-state index is 10.9. The van der Waals surface area contributed by atoms with Crippen molar-refractivity contribution >= 4 is 5.65 Å². The van der Waals surface area contributed by atoms with Crippen molar-refractivity contribution in [2.75, 3.05) is 0 Å². The van der Waals surface area contributed by atoms with Crippen molar-refractivity contribution in [1.29, 1.82) is 0 Å². The zero-order chi connectivity index (χ0) is 8.55. The summed E-state index contributed by atoms with van der Waals surface area (Å²) < 4.78 is 1.88. The first-order valence-electron chi connectivity index (χ1n) is 3.87. The highest BCUT2D eigenvalue weighted by atomic mass is 16.1. The summed E-state index contributed by atoms with van der Waals surface area (Å²) in [5.41, 5.74) is 0.751. The summed E-state index contributed by atoms with van der Waals surface area (Å²) in [4.78, 5) is 10.9.